The molecule has 0 saturated carbocycles. The average Bonchev–Trinajstić information content (AvgIpc) is 2.40. The fourth-order valence-electron chi connectivity index (χ4n) is 1.88. The molecule has 0 saturated heterocycles. The quantitative estimate of drug-likeness (QED) is 0.767. The normalized spacial score (nSPS) is 12.4. The van der Waals surface area contributed by atoms with Crippen LogP contribution in [0, 0.1) is 0 Å². The number of halogens is 2. The van der Waals surface area contributed by atoms with Gasteiger partial charge in [-0.15, -0.1) is 11.8 Å². The Morgan fingerprint density at radius 3 is 2.40 bits per heavy atom. The van der Waals surface area contributed by atoms with Crippen LogP contribution in [0.4, 0.5) is 0 Å². The van der Waals surface area contributed by atoms with Crippen LogP contribution >= 0.6 is 35.0 Å². The average molecular weight is 326 g/mol. The number of hydrogen-bond donors (Lipinski definition) is 1. The van der Waals surface area contributed by atoms with Crippen molar-refractivity contribution in [3.63, 3.8) is 0 Å². The molecule has 2 aromatic carbocycles. The zero-order valence-electron chi connectivity index (χ0n) is 11.3. The fourth-order valence-corrected chi connectivity index (χ4v) is 3.22. The highest BCUT2D eigenvalue weighted by atomic mass is 35.5. The molecule has 2 rings (SSSR count). The van der Waals surface area contributed by atoms with Gasteiger partial charge in [-0.25, -0.2) is 0 Å². The molecular weight excluding hydrogens is 309 g/mol. The maximum Gasteiger partial charge on any atom is 0.0449 e. The van der Waals surface area contributed by atoms with Crippen molar-refractivity contribution in [2.24, 2.45) is 5.73 Å². The van der Waals surface area contributed by atoms with Gasteiger partial charge in [0.05, 0.1) is 0 Å². The van der Waals surface area contributed by atoms with E-state index in [1.54, 1.807) is 11.8 Å². The lowest BCUT2D eigenvalue weighted by Crippen LogP contribution is -2.17. The number of hydrogen-bond acceptors (Lipinski definition) is 2. The Bertz CT molecular complexity index is 567. The van der Waals surface area contributed by atoms with E-state index in [0.29, 0.717) is 0 Å². The second-order valence-corrected chi connectivity index (χ2v) is 6.74. The molecule has 2 aromatic rings. The summed E-state index contributed by atoms with van der Waals surface area (Å²) in [6.07, 6.45) is 0.807. The van der Waals surface area contributed by atoms with Crippen LogP contribution in [-0.2, 0) is 12.2 Å². The van der Waals surface area contributed by atoms with E-state index in [9.17, 15) is 0 Å². The van der Waals surface area contributed by atoms with Gasteiger partial charge in [0.1, 0.15) is 0 Å². The summed E-state index contributed by atoms with van der Waals surface area (Å²) in [5.41, 5.74) is 8.16. The molecule has 4 heteroatoms. The lowest BCUT2D eigenvalue weighted by atomic mass is 10.1. The van der Waals surface area contributed by atoms with Gasteiger partial charge in [-0.1, -0.05) is 41.4 Å². The summed E-state index contributed by atoms with van der Waals surface area (Å²) in [5, 5.41) is 1.56. The summed E-state index contributed by atoms with van der Waals surface area (Å²) in [4.78, 5) is 1.17. The molecule has 0 amide bonds. The first-order valence-corrected chi connectivity index (χ1v) is 8.20. The van der Waals surface area contributed by atoms with E-state index in [1.165, 1.54) is 10.5 Å². The molecule has 0 aliphatic heterocycles. The molecule has 1 nitrogen and oxygen atoms in total. The standard InChI is InChI=1S/C16H17Cl2NS/c1-11(19)8-13-4-7-15(9-16(13)18)20-10-12-2-5-14(17)6-3-12/h2-7,9,11H,8,10,19H2,1H3. The molecule has 0 aliphatic rings. The van der Waals surface area contributed by atoms with Gasteiger partial charge in [0.25, 0.3) is 0 Å². The molecular formula is C16H17Cl2NS. The zero-order valence-corrected chi connectivity index (χ0v) is 13.6. The third-order valence-corrected chi connectivity index (χ3v) is 4.55. The third-order valence-electron chi connectivity index (χ3n) is 2.89. The maximum atomic E-state index is 6.29. The maximum absolute atomic E-state index is 6.29. The summed E-state index contributed by atoms with van der Waals surface area (Å²) in [6, 6.07) is 14.2. The van der Waals surface area contributed by atoms with Crippen LogP contribution in [0.1, 0.15) is 18.1 Å². The van der Waals surface area contributed by atoms with E-state index in [2.05, 4.69) is 12.1 Å². The molecule has 0 spiro atoms. The minimum absolute atomic E-state index is 0.125. The Morgan fingerprint density at radius 2 is 1.80 bits per heavy atom. The van der Waals surface area contributed by atoms with E-state index in [0.717, 1.165) is 27.8 Å². The number of rotatable bonds is 5. The van der Waals surface area contributed by atoms with Crippen molar-refractivity contribution < 1.29 is 0 Å². The zero-order chi connectivity index (χ0) is 14.5. The Kier molecular flexibility index (Phi) is 5.79. The van der Waals surface area contributed by atoms with Crippen molar-refractivity contribution in [1.82, 2.24) is 0 Å². The topological polar surface area (TPSA) is 26.0 Å². The van der Waals surface area contributed by atoms with Crippen LogP contribution in [0.2, 0.25) is 10.0 Å². The first-order valence-electron chi connectivity index (χ1n) is 6.46. The molecule has 0 radical (unpaired) electrons. The monoisotopic (exact) mass is 325 g/mol. The number of nitrogens with two attached hydrogens (primary N) is 1. The van der Waals surface area contributed by atoms with E-state index in [-0.39, 0.29) is 6.04 Å². The van der Waals surface area contributed by atoms with Crippen molar-refractivity contribution in [3.8, 4) is 0 Å². The summed E-state index contributed by atoms with van der Waals surface area (Å²) in [7, 11) is 0. The van der Waals surface area contributed by atoms with Crippen molar-refractivity contribution in [1.29, 1.82) is 0 Å². The SMILES string of the molecule is CC(N)Cc1ccc(SCc2ccc(Cl)cc2)cc1Cl. The van der Waals surface area contributed by atoms with Gasteiger partial charge in [-0.2, -0.15) is 0 Å². The largest absolute Gasteiger partial charge is 0.328 e. The van der Waals surface area contributed by atoms with Crippen LogP contribution < -0.4 is 5.73 Å². The lowest BCUT2D eigenvalue weighted by Gasteiger charge is -2.09. The minimum Gasteiger partial charge on any atom is -0.328 e. The predicted molar refractivity (Wildman–Crippen MR) is 89.8 cm³/mol. The van der Waals surface area contributed by atoms with Crippen molar-refractivity contribution in [2.45, 2.75) is 30.0 Å². The first-order chi connectivity index (χ1) is 9.54. The summed E-state index contributed by atoms with van der Waals surface area (Å²) >= 11 is 13.9. The lowest BCUT2D eigenvalue weighted by molar-refractivity contribution is 0.738. The van der Waals surface area contributed by atoms with E-state index >= 15 is 0 Å². The molecule has 2 N–H and O–H groups in total. The molecule has 0 fully saturated rings. The van der Waals surface area contributed by atoms with Crippen LogP contribution in [0.15, 0.2) is 47.4 Å². The number of thioether (sulfide) groups is 1. The highest BCUT2D eigenvalue weighted by molar-refractivity contribution is 7.98. The van der Waals surface area contributed by atoms with Crippen molar-refractivity contribution >= 4 is 35.0 Å². The first kappa shape index (κ1) is 15.7. The number of benzene rings is 2. The molecule has 0 bridgehead atoms. The van der Waals surface area contributed by atoms with E-state index in [4.69, 9.17) is 28.9 Å². The summed E-state index contributed by atoms with van der Waals surface area (Å²) in [6.45, 7) is 1.99. The van der Waals surface area contributed by atoms with E-state index < -0.39 is 0 Å². The highest BCUT2D eigenvalue weighted by Gasteiger charge is 2.05. The fraction of sp³-hybridized carbons (Fsp3) is 0.250. The summed E-state index contributed by atoms with van der Waals surface area (Å²) in [5.74, 6) is 0.903. The van der Waals surface area contributed by atoms with Gasteiger partial charge in [0.2, 0.25) is 0 Å². The van der Waals surface area contributed by atoms with Gasteiger partial charge in [0, 0.05) is 26.7 Å². The molecule has 1 unspecified atom stereocenters. The summed E-state index contributed by atoms with van der Waals surface area (Å²) < 4.78 is 0. The molecule has 0 aromatic heterocycles. The molecule has 20 heavy (non-hydrogen) atoms. The molecule has 1 atom stereocenters. The Hall–Kier alpha value is -0.670. The van der Waals surface area contributed by atoms with Gasteiger partial charge >= 0.3 is 0 Å². The second kappa shape index (κ2) is 7.37. The smallest absolute Gasteiger partial charge is 0.0449 e. The Morgan fingerprint density at radius 1 is 1.10 bits per heavy atom. The molecule has 106 valence electrons. The van der Waals surface area contributed by atoms with Crippen LogP contribution in [0.25, 0.3) is 0 Å². The van der Waals surface area contributed by atoms with E-state index in [1.807, 2.05) is 37.3 Å². The van der Waals surface area contributed by atoms with Gasteiger partial charge < -0.3 is 5.73 Å². The van der Waals surface area contributed by atoms with Crippen LogP contribution in [0.3, 0.4) is 0 Å². The third kappa shape index (κ3) is 4.71. The molecule has 0 aliphatic carbocycles. The van der Waals surface area contributed by atoms with Gasteiger partial charge in [-0.05, 0) is 48.7 Å². The van der Waals surface area contributed by atoms with Crippen molar-refractivity contribution in [3.05, 3.63) is 63.6 Å². The van der Waals surface area contributed by atoms with Crippen molar-refractivity contribution in [2.75, 3.05) is 0 Å². The predicted octanol–water partition coefficient (Wildman–Crippen LogP) is 5.18. The second-order valence-electron chi connectivity index (χ2n) is 4.85. The molecule has 0 heterocycles. The van der Waals surface area contributed by atoms with Crippen LogP contribution in [-0.4, -0.2) is 6.04 Å². The Balaban J connectivity index is 1.99. The Labute approximate surface area is 134 Å². The van der Waals surface area contributed by atoms with Crippen LogP contribution in [0.5, 0.6) is 0 Å². The minimum atomic E-state index is 0.125. The highest BCUT2D eigenvalue weighted by Crippen LogP contribution is 2.28. The van der Waals surface area contributed by atoms with Gasteiger partial charge in [0.15, 0.2) is 0 Å². The van der Waals surface area contributed by atoms with Gasteiger partial charge in [-0.3, -0.25) is 0 Å².